The maximum Gasteiger partial charge on any atom is 0.341 e. The van der Waals surface area contributed by atoms with Crippen LogP contribution in [0.25, 0.3) is 0 Å². The summed E-state index contributed by atoms with van der Waals surface area (Å²) >= 11 is 0. The average Bonchev–Trinajstić information content (AvgIpc) is 2.68. The van der Waals surface area contributed by atoms with Gasteiger partial charge in [0.15, 0.2) is 0 Å². The van der Waals surface area contributed by atoms with Crippen LogP contribution in [-0.4, -0.2) is 57.5 Å². The van der Waals surface area contributed by atoms with Crippen LogP contribution in [0.3, 0.4) is 0 Å². The molecule has 1 aliphatic heterocycles. The number of morpholine rings is 1. The summed E-state index contributed by atoms with van der Waals surface area (Å²) in [6.45, 7) is 4.11. The van der Waals surface area contributed by atoms with E-state index in [0.717, 1.165) is 51.4 Å². The molecule has 8 heteroatoms. The van der Waals surface area contributed by atoms with Crippen LogP contribution < -0.4 is 5.32 Å². The minimum Gasteiger partial charge on any atom is -0.383 e. The fourth-order valence-electron chi connectivity index (χ4n) is 3.98. The molecule has 2 aliphatic rings. The molecule has 5 nitrogen and oxygen atoms in total. The molecule has 1 saturated carbocycles. The van der Waals surface area contributed by atoms with E-state index < -0.39 is 15.6 Å². The molecule has 0 atom stereocenters. The minimum absolute atomic E-state index is 0.0791. The molecule has 0 radical (unpaired) electrons. The van der Waals surface area contributed by atoms with Gasteiger partial charge in [-0.15, -0.1) is 0 Å². The van der Waals surface area contributed by atoms with E-state index in [2.05, 4.69) is 10.2 Å². The van der Waals surface area contributed by atoms with Crippen molar-refractivity contribution in [2.45, 2.75) is 48.3 Å². The lowest BCUT2D eigenvalue weighted by Gasteiger charge is -2.48. The highest BCUT2D eigenvalue weighted by Gasteiger charge is 2.38. The fourth-order valence-corrected chi connectivity index (χ4v) is 4.71. The second-order valence-corrected chi connectivity index (χ2v) is 8.99. The monoisotopic (exact) mass is 388 g/mol. The molecule has 0 spiro atoms. The molecule has 1 saturated heterocycles. The molecule has 3 rings (SSSR count). The fraction of sp³-hybridized carbons (Fsp3) is 0.667. The van der Waals surface area contributed by atoms with Gasteiger partial charge in [0.05, 0.1) is 18.1 Å². The highest BCUT2D eigenvalue weighted by atomic mass is 32.2. The summed E-state index contributed by atoms with van der Waals surface area (Å²) < 4.78 is 53.8. The van der Waals surface area contributed by atoms with Crippen molar-refractivity contribution in [3.63, 3.8) is 0 Å². The molecule has 26 heavy (non-hydrogen) atoms. The number of nitrogens with zero attached hydrogens (tertiary/aromatic N) is 1. The summed E-state index contributed by atoms with van der Waals surface area (Å²) in [6.07, 6.45) is 5.90. The maximum absolute atomic E-state index is 12.6. The van der Waals surface area contributed by atoms with Crippen LogP contribution in [0.2, 0.25) is 0 Å². The van der Waals surface area contributed by atoms with Gasteiger partial charge in [-0.25, -0.2) is 8.42 Å². The first kappa shape index (κ1) is 19.5. The number of hydrogen-bond donors (Lipinski definition) is 1. The van der Waals surface area contributed by atoms with Crippen molar-refractivity contribution in [1.82, 2.24) is 4.90 Å². The zero-order chi connectivity index (χ0) is 18.6. The molecular formula is C18H26F2N2O3S. The van der Waals surface area contributed by atoms with Crippen molar-refractivity contribution in [3.8, 4) is 0 Å². The quantitative estimate of drug-likeness (QED) is 0.811. The number of nitrogens with one attached hydrogen (secondary N) is 1. The molecule has 1 aliphatic carbocycles. The van der Waals surface area contributed by atoms with Crippen molar-refractivity contribution in [3.05, 3.63) is 24.3 Å². The van der Waals surface area contributed by atoms with Crippen LogP contribution in [0, 0.1) is 0 Å². The van der Waals surface area contributed by atoms with Gasteiger partial charge in [0.25, 0.3) is 0 Å². The summed E-state index contributed by atoms with van der Waals surface area (Å²) in [5.41, 5.74) is 0.826. The highest BCUT2D eigenvalue weighted by molar-refractivity contribution is 7.91. The van der Waals surface area contributed by atoms with Crippen LogP contribution in [-0.2, 0) is 14.6 Å². The average molecular weight is 388 g/mol. The van der Waals surface area contributed by atoms with E-state index >= 15 is 0 Å². The Hall–Kier alpha value is -1.25. The Balaban J connectivity index is 1.69. The first-order valence-electron chi connectivity index (χ1n) is 9.13. The van der Waals surface area contributed by atoms with Gasteiger partial charge in [0.1, 0.15) is 0 Å². The third kappa shape index (κ3) is 4.18. The first-order valence-corrected chi connectivity index (χ1v) is 10.7. The Kier molecular flexibility index (Phi) is 6.14. The molecule has 0 bridgehead atoms. The van der Waals surface area contributed by atoms with Gasteiger partial charge in [0, 0.05) is 30.9 Å². The SMILES string of the molecule is O=S(=O)(c1ccc(NCC2(N3CCOCC3)CCCCC2)cc1)C(F)F. The molecule has 2 fully saturated rings. The number of halogens is 2. The van der Waals surface area contributed by atoms with Gasteiger partial charge in [-0.3, -0.25) is 4.90 Å². The molecule has 1 aromatic rings. The van der Waals surface area contributed by atoms with Crippen molar-refractivity contribution in [2.75, 3.05) is 38.2 Å². The van der Waals surface area contributed by atoms with Crippen LogP contribution >= 0.6 is 0 Å². The molecular weight excluding hydrogens is 362 g/mol. The molecule has 1 aromatic carbocycles. The summed E-state index contributed by atoms with van der Waals surface area (Å²) in [7, 11) is -4.54. The number of alkyl halides is 2. The van der Waals surface area contributed by atoms with E-state index in [1.54, 1.807) is 12.1 Å². The second-order valence-electron chi connectivity index (χ2n) is 7.07. The Morgan fingerprint density at radius 2 is 1.69 bits per heavy atom. The Morgan fingerprint density at radius 3 is 2.27 bits per heavy atom. The molecule has 0 amide bonds. The molecule has 0 unspecified atom stereocenters. The normalized spacial score (nSPS) is 21.7. The van der Waals surface area contributed by atoms with E-state index in [4.69, 9.17) is 4.74 Å². The number of rotatable bonds is 6. The molecule has 0 aromatic heterocycles. The van der Waals surface area contributed by atoms with Crippen LogP contribution in [0.1, 0.15) is 32.1 Å². The third-order valence-electron chi connectivity index (χ3n) is 5.51. The van der Waals surface area contributed by atoms with E-state index in [9.17, 15) is 17.2 Å². The second kappa shape index (κ2) is 8.19. The molecule has 146 valence electrons. The maximum atomic E-state index is 12.6. The number of benzene rings is 1. The van der Waals surface area contributed by atoms with Gasteiger partial charge in [-0.1, -0.05) is 19.3 Å². The van der Waals surface area contributed by atoms with Crippen molar-refractivity contribution in [2.24, 2.45) is 0 Å². The Morgan fingerprint density at radius 1 is 1.08 bits per heavy atom. The largest absolute Gasteiger partial charge is 0.383 e. The van der Waals surface area contributed by atoms with Crippen molar-refractivity contribution < 1.29 is 21.9 Å². The number of anilines is 1. The summed E-state index contributed by atoms with van der Waals surface area (Å²) in [5.74, 6) is -3.40. The zero-order valence-corrected chi connectivity index (χ0v) is 15.6. The smallest absolute Gasteiger partial charge is 0.341 e. The van der Waals surface area contributed by atoms with E-state index in [1.807, 2.05) is 0 Å². The van der Waals surface area contributed by atoms with Gasteiger partial charge < -0.3 is 10.1 Å². The lowest BCUT2D eigenvalue weighted by molar-refractivity contribution is -0.0318. The van der Waals surface area contributed by atoms with Gasteiger partial charge in [-0.2, -0.15) is 8.78 Å². The van der Waals surface area contributed by atoms with Crippen molar-refractivity contribution in [1.29, 1.82) is 0 Å². The Bertz CT molecular complexity index is 683. The lowest BCUT2D eigenvalue weighted by atomic mass is 9.79. The summed E-state index contributed by atoms with van der Waals surface area (Å²) in [6, 6.07) is 5.61. The third-order valence-corrected chi connectivity index (χ3v) is 6.90. The molecule has 1 heterocycles. The molecule has 1 N–H and O–H groups in total. The standard InChI is InChI=1S/C18H26F2N2O3S/c19-17(20)26(23,24)16-6-4-15(5-7-16)21-14-18(8-2-1-3-9-18)22-10-12-25-13-11-22/h4-7,17,21H,1-3,8-14H2. The lowest BCUT2D eigenvalue weighted by Crippen LogP contribution is -2.57. The topological polar surface area (TPSA) is 58.6 Å². The van der Waals surface area contributed by atoms with Crippen LogP contribution in [0.5, 0.6) is 0 Å². The predicted molar refractivity (Wildman–Crippen MR) is 96.3 cm³/mol. The van der Waals surface area contributed by atoms with Gasteiger partial charge >= 0.3 is 5.76 Å². The number of hydrogen-bond acceptors (Lipinski definition) is 5. The van der Waals surface area contributed by atoms with Crippen LogP contribution in [0.4, 0.5) is 14.5 Å². The highest BCUT2D eigenvalue weighted by Crippen LogP contribution is 2.34. The minimum atomic E-state index is -4.54. The number of sulfone groups is 1. The number of ether oxygens (including phenoxy) is 1. The zero-order valence-electron chi connectivity index (χ0n) is 14.8. The predicted octanol–water partition coefficient (Wildman–Crippen LogP) is 3.13. The van der Waals surface area contributed by atoms with Crippen molar-refractivity contribution >= 4 is 15.5 Å². The van der Waals surface area contributed by atoms with E-state index in [0.29, 0.717) is 0 Å². The Labute approximate surface area is 153 Å². The van der Waals surface area contributed by atoms with Crippen LogP contribution in [0.15, 0.2) is 29.2 Å². The van der Waals surface area contributed by atoms with Gasteiger partial charge in [0.2, 0.25) is 9.84 Å². The first-order chi connectivity index (χ1) is 12.4. The summed E-state index contributed by atoms with van der Waals surface area (Å²) in [5, 5.41) is 3.40. The summed E-state index contributed by atoms with van der Waals surface area (Å²) in [4.78, 5) is 2.16. The van der Waals surface area contributed by atoms with E-state index in [-0.39, 0.29) is 10.4 Å². The van der Waals surface area contributed by atoms with E-state index in [1.165, 1.54) is 31.4 Å². The van der Waals surface area contributed by atoms with Gasteiger partial charge in [-0.05, 0) is 37.1 Å².